The lowest BCUT2D eigenvalue weighted by Gasteiger charge is -2.31. The summed E-state index contributed by atoms with van der Waals surface area (Å²) in [5.74, 6) is 0. The summed E-state index contributed by atoms with van der Waals surface area (Å²) in [5.41, 5.74) is -1.01. The van der Waals surface area contributed by atoms with Crippen LogP contribution >= 0.6 is 15.9 Å². The molecule has 5 nitrogen and oxygen atoms in total. The van der Waals surface area contributed by atoms with Gasteiger partial charge in [0.1, 0.15) is 5.60 Å². The number of halogens is 1. The zero-order valence-corrected chi connectivity index (χ0v) is 14.3. The van der Waals surface area contributed by atoms with Crippen LogP contribution < -0.4 is 5.32 Å². The van der Waals surface area contributed by atoms with E-state index in [1.54, 1.807) is 7.11 Å². The SMILES string of the molecule is COCC(C)OC(C)(CBr)CNC(=O)OC(C)(C)C. The topological polar surface area (TPSA) is 56.8 Å². The summed E-state index contributed by atoms with van der Waals surface area (Å²) < 4.78 is 16.1. The van der Waals surface area contributed by atoms with Crippen molar-refractivity contribution in [3.63, 3.8) is 0 Å². The van der Waals surface area contributed by atoms with Crippen LogP contribution in [-0.4, -0.2) is 49.0 Å². The van der Waals surface area contributed by atoms with Gasteiger partial charge in [0.05, 0.1) is 24.9 Å². The smallest absolute Gasteiger partial charge is 0.407 e. The molecule has 19 heavy (non-hydrogen) atoms. The van der Waals surface area contributed by atoms with Crippen molar-refractivity contribution in [3.05, 3.63) is 0 Å². The van der Waals surface area contributed by atoms with Crippen molar-refractivity contribution >= 4 is 22.0 Å². The first-order chi connectivity index (χ1) is 8.62. The minimum Gasteiger partial charge on any atom is -0.444 e. The molecule has 0 heterocycles. The molecule has 1 N–H and O–H groups in total. The van der Waals surface area contributed by atoms with Crippen LogP contribution in [0.1, 0.15) is 34.6 Å². The van der Waals surface area contributed by atoms with Gasteiger partial charge in [-0.1, -0.05) is 15.9 Å². The van der Waals surface area contributed by atoms with E-state index in [0.717, 1.165) is 0 Å². The molecule has 0 spiro atoms. The molecule has 0 rings (SSSR count). The highest BCUT2D eigenvalue weighted by atomic mass is 79.9. The Balaban J connectivity index is 4.27. The van der Waals surface area contributed by atoms with Crippen LogP contribution in [0.25, 0.3) is 0 Å². The fourth-order valence-corrected chi connectivity index (χ4v) is 1.78. The Bertz CT molecular complexity index is 280. The molecule has 0 aliphatic heterocycles. The highest BCUT2D eigenvalue weighted by Crippen LogP contribution is 2.16. The largest absolute Gasteiger partial charge is 0.444 e. The van der Waals surface area contributed by atoms with Gasteiger partial charge in [0.2, 0.25) is 0 Å². The lowest BCUT2D eigenvalue weighted by molar-refractivity contribution is -0.0828. The number of alkyl halides is 1. The van der Waals surface area contributed by atoms with Crippen LogP contribution in [0.5, 0.6) is 0 Å². The molecule has 0 saturated heterocycles. The molecule has 6 heteroatoms. The summed E-state index contributed by atoms with van der Waals surface area (Å²) in [7, 11) is 1.63. The van der Waals surface area contributed by atoms with Gasteiger partial charge in [0.15, 0.2) is 0 Å². The summed E-state index contributed by atoms with van der Waals surface area (Å²) in [6.45, 7) is 10.2. The third-order valence-corrected chi connectivity index (χ3v) is 3.36. The minimum atomic E-state index is -0.505. The van der Waals surface area contributed by atoms with Crippen LogP contribution in [0.3, 0.4) is 0 Å². The van der Waals surface area contributed by atoms with Gasteiger partial charge in [-0.05, 0) is 34.6 Å². The van der Waals surface area contributed by atoms with Gasteiger partial charge in [-0.2, -0.15) is 0 Å². The van der Waals surface area contributed by atoms with E-state index < -0.39 is 17.3 Å². The van der Waals surface area contributed by atoms with Gasteiger partial charge in [0, 0.05) is 12.4 Å². The second-order valence-electron chi connectivity index (χ2n) is 5.82. The van der Waals surface area contributed by atoms with E-state index in [4.69, 9.17) is 14.2 Å². The molecule has 0 fully saturated rings. The summed E-state index contributed by atoms with van der Waals surface area (Å²) in [5, 5.41) is 3.32. The van der Waals surface area contributed by atoms with Gasteiger partial charge in [-0.25, -0.2) is 4.79 Å². The second kappa shape index (κ2) is 8.07. The molecule has 0 radical (unpaired) electrons. The van der Waals surface area contributed by atoms with Crippen molar-refractivity contribution in [1.29, 1.82) is 0 Å². The average Bonchev–Trinajstić information content (AvgIpc) is 2.24. The van der Waals surface area contributed by atoms with E-state index in [1.807, 2.05) is 34.6 Å². The maximum atomic E-state index is 11.6. The maximum Gasteiger partial charge on any atom is 0.407 e. The van der Waals surface area contributed by atoms with E-state index in [2.05, 4.69) is 21.2 Å². The predicted octanol–water partition coefficient (Wildman–Crippen LogP) is 2.72. The molecule has 2 atom stereocenters. The number of hydrogen-bond donors (Lipinski definition) is 1. The van der Waals surface area contributed by atoms with Crippen LogP contribution in [0.15, 0.2) is 0 Å². The van der Waals surface area contributed by atoms with Crippen molar-refractivity contribution < 1.29 is 19.0 Å². The van der Waals surface area contributed by atoms with Gasteiger partial charge < -0.3 is 19.5 Å². The molecular weight excluding hydrogens is 314 g/mol. The summed E-state index contributed by atoms with van der Waals surface area (Å²) in [4.78, 5) is 11.6. The molecule has 0 aromatic carbocycles. The monoisotopic (exact) mass is 339 g/mol. The van der Waals surface area contributed by atoms with Crippen LogP contribution in [0.4, 0.5) is 4.79 Å². The van der Waals surface area contributed by atoms with Crippen LogP contribution in [-0.2, 0) is 14.2 Å². The van der Waals surface area contributed by atoms with E-state index in [9.17, 15) is 4.79 Å². The van der Waals surface area contributed by atoms with Crippen molar-refractivity contribution in [2.24, 2.45) is 0 Å². The zero-order chi connectivity index (χ0) is 15.1. The van der Waals surface area contributed by atoms with Gasteiger partial charge in [-0.15, -0.1) is 0 Å². The van der Waals surface area contributed by atoms with Gasteiger partial charge in [-0.3, -0.25) is 0 Å². The first-order valence-corrected chi connectivity index (χ1v) is 7.43. The molecule has 0 aromatic heterocycles. The van der Waals surface area contributed by atoms with Gasteiger partial charge >= 0.3 is 6.09 Å². The maximum absolute atomic E-state index is 11.6. The Morgan fingerprint density at radius 2 is 1.89 bits per heavy atom. The minimum absolute atomic E-state index is 0.0482. The first kappa shape index (κ1) is 18.7. The van der Waals surface area contributed by atoms with Crippen LogP contribution in [0.2, 0.25) is 0 Å². The highest BCUT2D eigenvalue weighted by Gasteiger charge is 2.28. The van der Waals surface area contributed by atoms with E-state index >= 15 is 0 Å². The molecule has 1 amide bonds. The number of carbonyl (C=O) groups is 1. The fourth-order valence-electron chi connectivity index (χ4n) is 1.45. The van der Waals surface area contributed by atoms with Crippen molar-refractivity contribution in [3.8, 4) is 0 Å². The number of rotatable bonds is 7. The summed E-state index contributed by atoms with van der Waals surface area (Å²) in [6.07, 6.45) is -0.490. The Morgan fingerprint density at radius 3 is 2.32 bits per heavy atom. The number of nitrogens with one attached hydrogen (secondary N) is 1. The number of hydrogen-bond acceptors (Lipinski definition) is 4. The van der Waals surface area contributed by atoms with Crippen molar-refractivity contribution in [1.82, 2.24) is 5.32 Å². The number of methoxy groups -OCH3 is 1. The number of ether oxygens (including phenoxy) is 3. The second-order valence-corrected chi connectivity index (χ2v) is 6.38. The molecule has 0 saturated carbocycles. The summed E-state index contributed by atoms with van der Waals surface area (Å²) in [6, 6.07) is 0. The predicted molar refractivity (Wildman–Crippen MR) is 78.9 cm³/mol. The molecule has 0 aliphatic carbocycles. The van der Waals surface area contributed by atoms with Crippen LogP contribution in [0, 0.1) is 0 Å². The Kier molecular flexibility index (Phi) is 7.93. The Morgan fingerprint density at radius 1 is 1.32 bits per heavy atom. The number of amides is 1. The van der Waals surface area contributed by atoms with Gasteiger partial charge in [0.25, 0.3) is 0 Å². The Labute approximate surface area is 124 Å². The molecule has 114 valence electrons. The van der Waals surface area contributed by atoms with Crippen molar-refractivity contribution in [2.45, 2.75) is 51.9 Å². The number of carbonyl (C=O) groups excluding carboxylic acids is 1. The van der Waals surface area contributed by atoms with E-state index in [-0.39, 0.29) is 6.10 Å². The van der Waals surface area contributed by atoms with E-state index in [0.29, 0.717) is 18.5 Å². The first-order valence-electron chi connectivity index (χ1n) is 6.31. The third-order valence-electron chi connectivity index (χ3n) is 2.18. The average molecular weight is 340 g/mol. The standard InChI is InChI=1S/C13H26BrNO4/c1-10(7-17-6)18-13(5,8-14)9-15-11(16)19-12(2,3)4/h10H,7-9H2,1-6H3,(H,15,16). The van der Waals surface area contributed by atoms with E-state index in [1.165, 1.54) is 0 Å². The normalized spacial score (nSPS) is 16.6. The zero-order valence-electron chi connectivity index (χ0n) is 12.7. The lowest BCUT2D eigenvalue weighted by Crippen LogP contribution is -2.47. The molecule has 0 bridgehead atoms. The quantitative estimate of drug-likeness (QED) is 0.724. The Hall–Kier alpha value is -0.330. The third kappa shape index (κ3) is 9.24. The molecule has 0 aliphatic rings. The molecule has 0 aromatic rings. The fraction of sp³-hybridized carbons (Fsp3) is 0.923. The highest BCUT2D eigenvalue weighted by molar-refractivity contribution is 9.09. The lowest BCUT2D eigenvalue weighted by atomic mass is 10.1. The molecule has 2 unspecified atom stereocenters. The molecular formula is C13H26BrNO4. The number of alkyl carbamates (subject to hydrolysis) is 1. The van der Waals surface area contributed by atoms with Crippen molar-refractivity contribution in [2.75, 3.05) is 25.6 Å². The summed E-state index contributed by atoms with van der Waals surface area (Å²) >= 11 is 3.41.